The van der Waals surface area contributed by atoms with Crippen LogP contribution in [0.25, 0.3) is 0 Å². The summed E-state index contributed by atoms with van der Waals surface area (Å²) in [5, 5.41) is 3.27. The largest absolute Gasteiger partial charge is 0.446 e. The van der Waals surface area contributed by atoms with E-state index in [0.29, 0.717) is 11.8 Å². The molecule has 2 unspecified atom stereocenters. The maximum Gasteiger partial charge on any atom is 0.416 e. The number of aromatic nitrogens is 3. The quantitative estimate of drug-likeness (QED) is 0.746. The van der Waals surface area contributed by atoms with Crippen molar-refractivity contribution in [3.05, 3.63) is 78.2 Å². The zero-order chi connectivity index (χ0) is 18.6. The first-order valence-corrected chi connectivity index (χ1v) is 8.74. The van der Waals surface area contributed by atoms with Crippen molar-refractivity contribution in [3.8, 4) is 0 Å². The number of hydrogen-bond donors (Lipinski definition) is 1. The third-order valence-corrected chi connectivity index (χ3v) is 4.44. The summed E-state index contributed by atoms with van der Waals surface area (Å²) in [6.07, 6.45) is 2.89. The number of anilines is 2. The number of amides is 1. The molecule has 1 aliphatic heterocycles. The average Bonchev–Trinajstić information content (AvgIpc) is 3.11. The van der Waals surface area contributed by atoms with Crippen LogP contribution in [-0.4, -0.2) is 27.7 Å². The van der Waals surface area contributed by atoms with Crippen LogP contribution in [0.3, 0.4) is 0 Å². The highest BCUT2D eigenvalue weighted by Crippen LogP contribution is 2.31. The molecule has 3 heterocycles. The van der Waals surface area contributed by atoms with Crippen LogP contribution in [0.1, 0.15) is 30.3 Å². The van der Waals surface area contributed by atoms with Crippen LogP contribution in [0.15, 0.2) is 67.0 Å². The number of carbonyl (C=O) groups is 1. The molecule has 27 heavy (non-hydrogen) atoms. The number of ether oxygens (including phenoxy) is 1. The third-order valence-electron chi connectivity index (χ3n) is 4.44. The van der Waals surface area contributed by atoms with Gasteiger partial charge in [-0.3, -0.25) is 4.98 Å². The second kappa shape index (κ2) is 7.41. The molecule has 1 aliphatic rings. The van der Waals surface area contributed by atoms with Crippen LogP contribution in [0.5, 0.6) is 0 Å². The first kappa shape index (κ1) is 17.0. The zero-order valence-corrected chi connectivity index (χ0v) is 14.8. The van der Waals surface area contributed by atoms with Gasteiger partial charge >= 0.3 is 6.09 Å². The van der Waals surface area contributed by atoms with Crippen molar-refractivity contribution in [2.45, 2.75) is 19.0 Å². The fourth-order valence-electron chi connectivity index (χ4n) is 3.04. The summed E-state index contributed by atoms with van der Waals surface area (Å²) in [6, 6.07) is 17.0. The molecule has 7 heteroatoms. The van der Waals surface area contributed by atoms with Crippen molar-refractivity contribution < 1.29 is 9.53 Å². The lowest BCUT2D eigenvalue weighted by molar-refractivity contribution is 0.178. The third kappa shape index (κ3) is 3.57. The maximum atomic E-state index is 12.3. The van der Waals surface area contributed by atoms with Gasteiger partial charge in [0.1, 0.15) is 18.5 Å². The van der Waals surface area contributed by atoms with Gasteiger partial charge in [0.2, 0.25) is 5.95 Å². The monoisotopic (exact) mass is 361 g/mol. The molecule has 2 aromatic heterocycles. The molecule has 1 fully saturated rings. The molecule has 2 atom stereocenters. The SMILES string of the molecule is CC(Nc1nccc(N2C(=O)OCC2c2ccccn2)n1)c1ccccc1. The molecule has 4 rings (SSSR count). The summed E-state index contributed by atoms with van der Waals surface area (Å²) < 4.78 is 5.24. The van der Waals surface area contributed by atoms with Gasteiger partial charge in [0.05, 0.1) is 11.7 Å². The van der Waals surface area contributed by atoms with Crippen LogP contribution >= 0.6 is 0 Å². The van der Waals surface area contributed by atoms with E-state index in [1.54, 1.807) is 18.5 Å². The van der Waals surface area contributed by atoms with Crippen LogP contribution in [0.2, 0.25) is 0 Å². The highest BCUT2D eigenvalue weighted by molar-refractivity contribution is 5.89. The van der Waals surface area contributed by atoms with Gasteiger partial charge < -0.3 is 10.1 Å². The highest BCUT2D eigenvalue weighted by Gasteiger charge is 2.37. The number of cyclic esters (lactones) is 1. The smallest absolute Gasteiger partial charge is 0.416 e. The number of carbonyl (C=O) groups excluding carboxylic acids is 1. The highest BCUT2D eigenvalue weighted by atomic mass is 16.6. The lowest BCUT2D eigenvalue weighted by Gasteiger charge is -2.21. The van der Waals surface area contributed by atoms with Crippen LogP contribution in [0, 0.1) is 0 Å². The molecule has 7 nitrogen and oxygen atoms in total. The number of rotatable bonds is 5. The molecule has 1 saturated heterocycles. The van der Waals surface area contributed by atoms with E-state index >= 15 is 0 Å². The summed E-state index contributed by atoms with van der Waals surface area (Å²) in [5.74, 6) is 0.925. The molecule has 0 radical (unpaired) electrons. The topological polar surface area (TPSA) is 80.2 Å². The van der Waals surface area contributed by atoms with Crippen LogP contribution in [0.4, 0.5) is 16.6 Å². The van der Waals surface area contributed by atoms with E-state index < -0.39 is 6.09 Å². The van der Waals surface area contributed by atoms with Gasteiger partial charge in [-0.25, -0.2) is 14.7 Å². The van der Waals surface area contributed by atoms with Gasteiger partial charge in [-0.15, -0.1) is 0 Å². The van der Waals surface area contributed by atoms with Gasteiger partial charge in [-0.05, 0) is 30.7 Å². The summed E-state index contributed by atoms with van der Waals surface area (Å²) in [6.45, 7) is 2.27. The van der Waals surface area contributed by atoms with Crippen LogP contribution < -0.4 is 10.2 Å². The van der Waals surface area contributed by atoms with E-state index in [0.717, 1.165) is 11.3 Å². The van der Waals surface area contributed by atoms with Crippen LogP contribution in [-0.2, 0) is 4.74 Å². The molecule has 3 aromatic rings. The molecular weight excluding hydrogens is 342 g/mol. The van der Waals surface area contributed by atoms with E-state index in [1.807, 2.05) is 55.5 Å². The Balaban J connectivity index is 1.58. The Kier molecular flexibility index (Phi) is 4.65. The lowest BCUT2D eigenvalue weighted by Crippen LogP contribution is -2.29. The van der Waals surface area contributed by atoms with E-state index in [2.05, 4.69) is 20.3 Å². The lowest BCUT2D eigenvalue weighted by atomic mass is 10.1. The Morgan fingerprint density at radius 2 is 1.89 bits per heavy atom. The fourth-order valence-corrected chi connectivity index (χ4v) is 3.04. The molecule has 1 N–H and O–H groups in total. The summed E-state index contributed by atoms with van der Waals surface area (Å²) in [7, 11) is 0. The Morgan fingerprint density at radius 3 is 2.67 bits per heavy atom. The van der Waals surface area contributed by atoms with Crippen molar-refractivity contribution in [1.82, 2.24) is 15.0 Å². The van der Waals surface area contributed by atoms with E-state index in [1.165, 1.54) is 4.90 Å². The van der Waals surface area contributed by atoms with Gasteiger partial charge in [-0.1, -0.05) is 36.4 Å². The second-order valence-electron chi connectivity index (χ2n) is 6.23. The Bertz CT molecular complexity index is 920. The summed E-state index contributed by atoms with van der Waals surface area (Å²) >= 11 is 0. The molecule has 0 bridgehead atoms. The Labute approximate surface area is 157 Å². The van der Waals surface area contributed by atoms with Crippen molar-refractivity contribution in [2.24, 2.45) is 0 Å². The zero-order valence-electron chi connectivity index (χ0n) is 14.8. The molecule has 0 aliphatic carbocycles. The fraction of sp³-hybridized carbons (Fsp3) is 0.200. The Morgan fingerprint density at radius 1 is 1.07 bits per heavy atom. The summed E-state index contributed by atoms with van der Waals surface area (Å²) in [5.41, 5.74) is 1.88. The van der Waals surface area contributed by atoms with Gasteiger partial charge in [-0.2, -0.15) is 4.98 Å². The number of benzene rings is 1. The van der Waals surface area contributed by atoms with Gasteiger partial charge in [0.25, 0.3) is 0 Å². The standard InChI is InChI=1S/C20H19N5O2/c1-14(15-7-3-2-4-8-15)23-19-22-12-10-18(24-19)25-17(13-27-20(25)26)16-9-5-6-11-21-16/h2-12,14,17H,13H2,1H3,(H,22,23,24). The predicted octanol–water partition coefficient (Wildman–Crippen LogP) is 3.74. The minimum atomic E-state index is -0.439. The average molecular weight is 361 g/mol. The van der Waals surface area contributed by atoms with Crippen molar-refractivity contribution in [1.29, 1.82) is 0 Å². The number of pyridine rings is 1. The van der Waals surface area contributed by atoms with Crippen molar-refractivity contribution >= 4 is 17.9 Å². The number of nitrogens with zero attached hydrogens (tertiary/aromatic N) is 4. The normalized spacial score (nSPS) is 17.4. The van der Waals surface area contributed by atoms with E-state index in [9.17, 15) is 4.79 Å². The van der Waals surface area contributed by atoms with E-state index in [-0.39, 0.29) is 18.7 Å². The van der Waals surface area contributed by atoms with Gasteiger partial charge in [0, 0.05) is 12.4 Å². The first-order valence-electron chi connectivity index (χ1n) is 8.74. The second-order valence-corrected chi connectivity index (χ2v) is 6.23. The summed E-state index contributed by atoms with van der Waals surface area (Å²) in [4.78, 5) is 27.0. The number of nitrogens with one attached hydrogen (secondary N) is 1. The molecule has 1 aromatic carbocycles. The van der Waals surface area contributed by atoms with Crippen molar-refractivity contribution in [2.75, 3.05) is 16.8 Å². The van der Waals surface area contributed by atoms with Crippen molar-refractivity contribution in [3.63, 3.8) is 0 Å². The minimum Gasteiger partial charge on any atom is -0.446 e. The number of hydrogen-bond acceptors (Lipinski definition) is 6. The first-order chi connectivity index (χ1) is 13.2. The minimum absolute atomic E-state index is 0.0265. The molecule has 0 spiro atoms. The Hall–Kier alpha value is -3.48. The predicted molar refractivity (Wildman–Crippen MR) is 101 cm³/mol. The van der Waals surface area contributed by atoms with Gasteiger partial charge in [0.15, 0.2) is 0 Å². The molecule has 1 amide bonds. The molecule has 136 valence electrons. The maximum absolute atomic E-state index is 12.3. The molecular formula is C20H19N5O2. The molecule has 0 saturated carbocycles. The van der Waals surface area contributed by atoms with E-state index in [4.69, 9.17) is 4.74 Å².